The molecule has 0 radical (unpaired) electrons. The number of ether oxygens (including phenoxy) is 2. The second kappa shape index (κ2) is 1.45. The van der Waals surface area contributed by atoms with Crippen molar-refractivity contribution >= 4 is 0 Å². The molecule has 2 saturated heterocycles. The number of allylic oxidation sites excluding steroid dienone is 4. The fourth-order valence-electron chi connectivity index (χ4n) is 2.42. The summed E-state index contributed by atoms with van der Waals surface area (Å²) in [5.41, 5.74) is 1.28. The maximum absolute atomic E-state index is 5.66. The van der Waals surface area contributed by atoms with Crippen LogP contribution < -0.4 is 0 Å². The lowest BCUT2D eigenvalue weighted by atomic mass is 10.0. The highest BCUT2D eigenvalue weighted by molar-refractivity contribution is 5.53. The van der Waals surface area contributed by atoms with Crippen molar-refractivity contribution in [2.24, 2.45) is 0 Å². The highest BCUT2D eigenvalue weighted by atomic mass is 16.7. The molecule has 2 heterocycles. The van der Waals surface area contributed by atoms with E-state index in [1.165, 1.54) is 5.57 Å². The number of rotatable bonds is 0. The molecule has 2 nitrogen and oxygen atoms in total. The van der Waals surface area contributed by atoms with Gasteiger partial charge in [0.25, 0.3) is 0 Å². The monoisotopic (exact) mass is 160 g/mol. The number of hydrogen-bond donors (Lipinski definition) is 0. The Balaban J connectivity index is 1.94. The van der Waals surface area contributed by atoms with Gasteiger partial charge in [-0.2, -0.15) is 0 Å². The predicted molar refractivity (Wildman–Crippen MR) is 42.6 cm³/mol. The minimum absolute atomic E-state index is 0.0446. The van der Waals surface area contributed by atoms with E-state index in [2.05, 4.69) is 24.3 Å². The summed E-state index contributed by atoms with van der Waals surface area (Å²) in [5, 5.41) is 0. The smallest absolute Gasteiger partial charge is 0.140 e. The van der Waals surface area contributed by atoms with Gasteiger partial charge in [-0.1, -0.05) is 24.3 Å². The molecule has 1 spiro atoms. The van der Waals surface area contributed by atoms with Crippen LogP contribution in [0.25, 0.3) is 0 Å². The van der Waals surface area contributed by atoms with Crippen molar-refractivity contribution in [3.05, 3.63) is 36.0 Å². The van der Waals surface area contributed by atoms with Crippen molar-refractivity contribution in [3.8, 4) is 0 Å². The molecule has 0 aromatic carbocycles. The third kappa shape index (κ3) is 0.439. The molecule has 4 unspecified atom stereocenters. The molecule has 4 atom stereocenters. The molecular formula is C10H8O2. The zero-order valence-electron chi connectivity index (χ0n) is 6.44. The van der Waals surface area contributed by atoms with Crippen LogP contribution in [-0.4, -0.2) is 23.9 Å². The lowest BCUT2D eigenvalue weighted by Gasteiger charge is -2.05. The Morgan fingerprint density at radius 2 is 2.25 bits per heavy atom. The molecule has 4 rings (SSSR count). The van der Waals surface area contributed by atoms with Gasteiger partial charge in [0.05, 0.1) is 0 Å². The summed E-state index contributed by atoms with van der Waals surface area (Å²) in [7, 11) is 0. The summed E-state index contributed by atoms with van der Waals surface area (Å²) < 4.78 is 11.1. The summed E-state index contributed by atoms with van der Waals surface area (Å²) in [4.78, 5) is 0. The van der Waals surface area contributed by atoms with Crippen LogP contribution in [0.5, 0.6) is 0 Å². The molecular weight excluding hydrogens is 152 g/mol. The summed E-state index contributed by atoms with van der Waals surface area (Å²) in [6.07, 6.45) is 11.5. The molecule has 0 aromatic heterocycles. The molecule has 60 valence electrons. The Morgan fingerprint density at radius 3 is 3.25 bits per heavy atom. The van der Waals surface area contributed by atoms with E-state index in [1.807, 2.05) is 6.08 Å². The summed E-state index contributed by atoms with van der Waals surface area (Å²) >= 11 is 0. The van der Waals surface area contributed by atoms with Crippen molar-refractivity contribution in [1.29, 1.82) is 0 Å². The summed E-state index contributed by atoms with van der Waals surface area (Å²) in [6, 6.07) is 0. The predicted octanol–water partition coefficient (Wildman–Crippen LogP) is 0.957. The van der Waals surface area contributed by atoms with Crippen molar-refractivity contribution in [2.75, 3.05) is 0 Å². The Kier molecular flexibility index (Phi) is 0.694. The molecule has 0 bridgehead atoms. The number of hydrogen-bond acceptors (Lipinski definition) is 2. The highest BCUT2D eigenvalue weighted by Gasteiger charge is 2.77. The van der Waals surface area contributed by atoms with Crippen LogP contribution in [0, 0.1) is 0 Å². The van der Waals surface area contributed by atoms with Gasteiger partial charge in [0.1, 0.15) is 23.9 Å². The minimum atomic E-state index is -0.0446. The fraction of sp³-hybridized carbons (Fsp3) is 0.400. The molecule has 0 N–H and O–H groups in total. The largest absolute Gasteiger partial charge is 0.362 e. The average molecular weight is 160 g/mol. The zero-order valence-corrected chi connectivity index (χ0v) is 6.44. The zero-order chi connectivity index (χ0) is 7.76. The maximum Gasteiger partial charge on any atom is 0.140 e. The van der Waals surface area contributed by atoms with Crippen LogP contribution in [0.3, 0.4) is 0 Å². The highest BCUT2D eigenvalue weighted by Crippen LogP contribution is 2.63. The first-order valence-electron chi connectivity index (χ1n) is 4.32. The second-order valence-electron chi connectivity index (χ2n) is 3.72. The lowest BCUT2D eigenvalue weighted by Crippen LogP contribution is -2.13. The van der Waals surface area contributed by atoms with Crippen LogP contribution >= 0.6 is 0 Å². The standard InChI is InChI=1S/C10H8O2/c1-2-4-6-7-8(11-7)9-10(6,12-9)5-3-1/h1-5,7-9H. The molecule has 2 heteroatoms. The quantitative estimate of drug-likeness (QED) is 0.493. The van der Waals surface area contributed by atoms with Crippen LogP contribution in [0.1, 0.15) is 0 Å². The molecule has 12 heavy (non-hydrogen) atoms. The Morgan fingerprint density at radius 1 is 1.25 bits per heavy atom. The molecule has 0 amide bonds. The van der Waals surface area contributed by atoms with Crippen molar-refractivity contribution in [3.63, 3.8) is 0 Å². The lowest BCUT2D eigenvalue weighted by molar-refractivity contribution is 0.318. The molecule has 4 aliphatic rings. The minimum Gasteiger partial charge on any atom is -0.362 e. The summed E-state index contributed by atoms with van der Waals surface area (Å²) in [5.74, 6) is 0. The van der Waals surface area contributed by atoms with E-state index in [0.29, 0.717) is 18.3 Å². The van der Waals surface area contributed by atoms with Gasteiger partial charge in [-0.05, 0) is 11.6 Å². The van der Waals surface area contributed by atoms with E-state index in [9.17, 15) is 0 Å². The van der Waals surface area contributed by atoms with Gasteiger partial charge >= 0.3 is 0 Å². The van der Waals surface area contributed by atoms with Gasteiger partial charge in [0, 0.05) is 0 Å². The van der Waals surface area contributed by atoms with Crippen molar-refractivity contribution in [2.45, 2.75) is 23.9 Å². The van der Waals surface area contributed by atoms with Crippen molar-refractivity contribution < 1.29 is 9.47 Å². The third-order valence-corrected chi connectivity index (χ3v) is 3.11. The first kappa shape index (κ1) is 5.73. The first-order valence-corrected chi connectivity index (χ1v) is 4.32. The van der Waals surface area contributed by atoms with Gasteiger partial charge in [-0.3, -0.25) is 0 Å². The normalized spacial score (nSPS) is 56.7. The topological polar surface area (TPSA) is 25.1 Å². The van der Waals surface area contributed by atoms with Gasteiger partial charge in [0.2, 0.25) is 0 Å². The van der Waals surface area contributed by atoms with E-state index in [4.69, 9.17) is 9.47 Å². The SMILES string of the molecule is C1=CC=C2C3OC3C3OC23C=C1. The molecule has 2 aliphatic heterocycles. The van der Waals surface area contributed by atoms with Crippen LogP contribution in [0.2, 0.25) is 0 Å². The van der Waals surface area contributed by atoms with Gasteiger partial charge in [-0.15, -0.1) is 0 Å². The van der Waals surface area contributed by atoms with E-state index in [0.717, 1.165) is 0 Å². The second-order valence-corrected chi connectivity index (χ2v) is 3.72. The number of fused-ring (bicyclic) bond motifs is 3. The van der Waals surface area contributed by atoms with Crippen molar-refractivity contribution in [1.82, 2.24) is 0 Å². The molecule has 0 aromatic rings. The van der Waals surface area contributed by atoms with E-state index in [-0.39, 0.29) is 5.60 Å². The number of epoxide rings is 2. The molecule has 2 aliphatic carbocycles. The van der Waals surface area contributed by atoms with E-state index in [1.54, 1.807) is 0 Å². The van der Waals surface area contributed by atoms with Crippen LogP contribution in [0.4, 0.5) is 0 Å². The first-order chi connectivity index (χ1) is 5.92. The third-order valence-electron chi connectivity index (χ3n) is 3.11. The molecule has 1 saturated carbocycles. The average Bonchev–Trinajstić information content (AvgIpc) is 2.95. The summed E-state index contributed by atoms with van der Waals surface area (Å²) in [6.45, 7) is 0. The van der Waals surface area contributed by atoms with Crippen LogP contribution in [-0.2, 0) is 9.47 Å². The van der Waals surface area contributed by atoms with E-state index >= 15 is 0 Å². The Hall–Kier alpha value is -0.860. The van der Waals surface area contributed by atoms with Gasteiger partial charge in [-0.25, -0.2) is 0 Å². The Labute approximate surface area is 70.2 Å². The Bertz CT molecular complexity index is 353. The van der Waals surface area contributed by atoms with E-state index < -0.39 is 0 Å². The van der Waals surface area contributed by atoms with Crippen LogP contribution in [0.15, 0.2) is 36.0 Å². The fourth-order valence-corrected chi connectivity index (χ4v) is 2.42. The molecule has 3 fully saturated rings. The van der Waals surface area contributed by atoms with Gasteiger partial charge in [0.15, 0.2) is 0 Å². The van der Waals surface area contributed by atoms with Gasteiger partial charge < -0.3 is 9.47 Å². The maximum atomic E-state index is 5.66.